The molecular formula is C17H35N7O7. The van der Waals surface area contributed by atoms with Crippen LogP contribution in [0.3, 0.4) is 0 Å². The lowest BCUT2D eigenvalue weighted by Crippen LogP contribution is -2.32. The van der Waals surface area contributed by atoms with Crippen LogP contribution in [0.15, 0.2) is 10.2 Å². The molecule has 0 aliphatic carbocycles. The summed E-state index contributed by atoms with van der Waals surface area (Å²) in [5, 5.41) is 16.1. The first-order valence-corrected chi connectivity index (χ1v) is 10.2. The van der Waals surface area contributed by atoms with Gasteiger partial charge in [0.2, 0.25) is 0 Å². The molecule has 0 fully saturated rings. The fraction of sp³-hybridized carbons (Fsp3) is 1.00. The monoisotopic (exact) mass is 449 g/mol. The Morgan fingerprint density at radius 2 is 0.871 bits per heavy atom. The summed E-state index contributed by atoms with van der Waals surface area (Å²) in [6, 6.07) is 0. The molecular weight excluding hydrogens is 414 g/mol. The highest BCUT2D eigenvalue weighted by Gasteiger charge is 2.03. The van der Waals surface area contributed by atoms with Gasteiger partial charge >= 0.3 is 0 Å². The number of aliphatic hydroxyl groups is 1. The van der Waals surface area contributed by atoms with Crippen LogP contribution in [-0.2, 0) is 28.4 Å². The molecule has 0 bridgehead atoms. The van der Waals surface area contributed by atoms with Crippen molar-refractivity contribution in [2.75, 3.05) is 112 Å². The van der Waals surface area contributed by atoms with Gasteiger partial charge < -0.3 is 33.5 Å². The first kappa shape index (κ1) is 29.3. The number of aliphatic hydroxyl groups excluding tert-OH is 1. The zero-order chi connectivity index (χ0) is 22.7. The Kier molecular flexibility index (Phi) is 24.9. The molecule has 0 atom stereocenters. The van der Waals surface area contributed by atoms with Gasteiger partial charge in [-0.3, -0.25) is 4.90 Å². The van der Waals surface area contributed by atoms with E-state index in [1.165, 1.54) is 0 Å². The zero-order valence-corrected chi connectivity index (χ0v) is 18.0. The van der Waals surface area contributed by atoms with E-state index in [0.717, 1.165) is 0 Å². The smallest absolute Gasteiger partial charge is 0.0958 e. The molecule has 31 heavy (non-hydrogen) atoms. The number of ether oxygens (including phenoxy) is 6. The molecule has 0 spiro atoms. The van der Waals surface area contributed by atoms with Gasteiger partial charge in [-0.1, -0.05) is 10.2 Å². The molecule has 0 rings (SSSR count). The van der Waals surface area contributed by atoms with E-state index >= 15 is 0 Å². The number of hydrogen-bond donors (Lipinski definition) is 1. The van der Waals surface area contributed by atoms with E-state index in [1.54, 1.807) is 0 Å². The Balaban J connectivity index is 3.31. The summed E-state index contributed by atoms with van der Waals surface area (Å²) in [6.45, 7) is 7.10. The first-order valence-electron chi connectivity index (χ1n) is 10.2. The molecule has 0 unspecified atom stereocenters. The first-order chi connectivity index (χ1) is 15.3. The van der Waals surface area contributed by atoms with E-state index in [1.807, 2.05) is 4.90 Å². The minimum absolute atomic E-state index is 0.0694. The van der Waals surface area contributed by atoms with Crippen molar-refractivity contribution in [1.82, 2.24) is 4.90 Å². The minimum atomic E-state index is -0.0694. The maximum atomic E-state index is 9.37. The molecule has 0 aliphatic heterocycles. The number of hydrogen-bond acceptors (Lipinski definition) is 10. The second kappa shape index (κ2) is 26.3. The van der Waals surface area contributed by atoms with E-state index in [9.17, 15) is 5.11 Å². The summed E-state index contributed by atoms with van der Waals surface area (Å²) >= 11 is 0. The molecule has 0 aliphatic rings. The fourth-order valence-electron chi connectivity index (χ4n) is 2.02. The van der Waals surface area contributed by atoms with Gasteiger partial charge in [0.15, 0.2) is 0 Å². The van der Waals surface area contributed by atoms with Crippen molar-refractivity contribution in [2.24, 2.45) is 10.2 Å². The molecule has 0 amide bonds. The Morgan fingerprint density at radius 1 is 0.548 bits per heavy atom. The topological polar surface area (TPSA) is 176 Å². The van der Waals surface area contributed by atoms with E-state index in [0.29, 0.717) is 105 Å². The Bertz CT molecular complexity index is 438. The number of azide groups is 2. The van der Waals surface area contributed by atoms with E-state index in [-0.39, 0.29) is 6.73 Å². The largest absolute Gasteiger partial charge is 0.381 e. The third-order valence-corrected chi connectivity index (χ3v) is 3.59. The quantitative estimate of drug-likeness (QED) is 0.0704. The third-order valence-electron chi connectivity index (χ3n) is 3.59. The highest BCUT2D eigenvalue weighted by atomic mass is 16.5. The lowest BCUT2D eigenvalue weighted by Gasteiger charge is -2.19. The minimum Gasteiger partial charge on any atom is -0.381 e. The summed E-state index contributed by atoms with van der Waals surface area (Å²) in [5.41, 5.74) is 16.2. The van der Waals surface area contributed by atoms with Gasteiger partial charge in [0.05, 0.1) is 86.0 Å². The van der Waals surface area contributed by atoms with Crippen LogP contribution < -0.4 is 0 Å². The molecule has 0 radical (unpaired) electrons. The SMILES string of the molecule is [N-]=[N+]=NCCOCCOCCOCCN(CO)CCOCCOCCOCCN=[N+]=[N-]. The molecule has 0 saturated carbocycles. The highest BCUT2D eigenvalue weighted by Crippen LogP contribution is 1.90. The predicted octanol–water partition coefficient (Wildman–Crippen LogP) is 0.958. The van der Waals surface area contributed by atoms with Gasteiger partial charge in [0.1, 0.15) is 0 Å². The van der Waals surface area contributed by atoms with Crippen molar-refractivity contribution in [3.63, 3.8) is 0 Å². The average molecular weight is 450 g/mol. The normalized spacial score (nSPS) is 10.8. The Hall–Kier alpha value is -1.70. The maximum absolute atomic E-state index is 9.37. The second-order valence-corrected chi connectivity index (χ2v) is 5.84. The van der Waals surface area contributed by atoms with Crippen LogP contribution in [-0.4, -0.2) is 122 Å². The van der Waals surface area contributed by atoms with Crippen LogP contribution in [0, 0.1) is 0 Å². The Morgan fingerprint density at radius 3 is 1.19 bits per heavy atom. The van der Waals surface area contributed by atoms with Gasteiger partial charge in [0, 0.05) is 36.0 Å². The van der Waals surface area contributed by atoms with E-state index < -0.39 is 0 Å². The van der Waals surface area contributed by atoms with Gasteiger partial charge in [0.25, 0.3) is 0 Å². The van der Waals surface area contributed by atoms with Gasteiger partial charge in [-0.15, -0.1) is 0 Å². The lowest BCUT2D eigenvalue weighted by molar-refractivity contribution is -0.00720. The molecule has 0 aromatic rings. The Labute approximate surface area is 182 Å². The van der Waals surface area contributed by atoms with Crippen molar-refractivity contribution in [3.05, 3.63) is 20.9 Å². The van der Waals surface area contributed by atoms with Crippen LogP contribution in [0.5, 0.6) is 0 Å². The predicted molar refractivity (Wildman–Crippen MR) is 112 cm³/mol. The van der Waals surface area contributed by atoms with Gasteiger partial charge in [-0.25, -0.2) is 0 Å². The van der Waals surface area contributed by atoms with E-state index in [2.05, 4.69) is 20.1 Å². The lowest BCUT2D eigenvalue weighted by atomic mass is 10.5. The molecule has 14 nitrogen and oxygen atoms in total. The van der Waals surface area contributed by atoms with Gasteiger partial charge in [-0.2, -0.15) is 0 Å². The van der Waals surface area contributed by atoms with Crippen molar-refractivity contribution in [1.29, 1.82) is 0 Å². The summed E-state index contributed by atoms with van der Waals surface area (Å²) < 4.78 is 32.0. The van der Waals surface area contributed by atoms with Crippen LogP contribution >= 0.6 is 0 Å². The number of rotatable bonds is 25. The molecule has 180 valence electrons. The summed E-state index contributed by atoms with van der Waals surface area (Å²) in [4.78, 5) is 7.07. The molecule has 0 saturated heterocycles. The summed E-state index contributed by atoms with van der Waals surface area (Å²) in [5.74, 6) is 0. The second-order valence-electron chi connectivity index (χ2n) is 5.84. The van der Waals surface area contributed by atoms with Gasteiger partial charge in [-0.05, 0) is 11.1 Å². The van der Waals surface area contributed by atoms with E-state index in [4.69, 9.17) is 39.5 Å². The molecule has 1 N–H and O–H groups in total. The van der Waals surface area contributed by atoms with Crippen LogP contribution in [0.4, 0.5) is 0 Å². The van der Waals surface area contributed by atoms with Crippen LogP contribution in [0.25, 0.3) is 20.9 Å². The van der Waals surface area contributed by atoms with Crippen molar-refractivity contribution < 1.29 is 33.5 Å². The third kappa shape index (κ3) is 24.4. The van der Waals surface area contributed by atoms with Crippen molar-refractivity contribution in [2.45, 2.75) is 0 Å². The van der Waals surface area contributed by atoms with Crippen LogP contribution in [0.2, 0.25) is 0 Å². The number of nitrogens with zero attached hydrogens (tertiary/aromatic N) is 7. The maximum Gasteiger partial charge on any atom is 0.0958 e. The standard InChI is InChI=1S/C17H35N7O7/c18-22-20-1-5-26-9-13-30-15-11-28-7-3-24(17-25)4-8-29-12-16-31-14-10-27-6-2-21-23-19/h25H,1-17H2. The molecule has 0 aromatic carbocycles. The highest BCUT2D eigenvalue weighted by molar-refractivity contribution is 4.52. The van der Waals surface area contributed by atoms with Crippen molar-refractivity contribution >= 4 is 0 Å². The summed E-state index contributed by atoms with van der Waals surface area (Å²) in [6.07, 6.45) is 0. The molecule has 0 aromatic heterocycles. The van der Waals surface area contributed by atoms with Crippen LogP contribution in [0.1, 0.15) is 0 Å². The average Bonchev–Trinajstić information content (AvgIpc) is 2.79. The molecule has 0 heterocycles. The summed E-state index contributed by atoms with van der Waals surface area (Å²) in [7, 11) is 0. The van der Waals surface area contributed by atoms with Crippen molar-refractivity contribution in [3.8, 4) is 0 Å². The zero-order valence-electron chi connectivity index (χ0n) is 18.0. The molecule has 14 heteroatoms. The fourth-order valence-corrected chi connectivity index (χ4v) is 2.02.